The molecule has 4 nitrogen and oxygen atoms in total. The number of ether oxygens (including phenoxy) is 1. The van der Waals surface area contributed by atoms with Crippen LogP contribution < -0.4 is 0 Å². The van der Waals surface area contributed by atoms with Crippen LogP contribution in [0.25, 0.3) is 10.9 Å². The highest BCUT2D eigenvalue weighted by molar-refractivity contribution is 6.30. The second kappa shape index (κ2) is 9.56. The van der Waals surface area contributed by atoms with Crippen molar-refractivity contribution in [2.45, 2.75) is 38.0 Å². The van der Waals surface area contributed by atoms with E-state index in [4.69, 9.17) is 16.3 Å². The van der Waals surface area contributed by atoms with E-state index in [1.165, 1.54) is 6.07 Å². The summed E-state index contributed by atoms with van der Waals surface area (Å²) in [4.78, 5) is 28.7. The Bertz CT molecular complexity index is 1090. The van der Waals surface area contributed by atoms with Crippen LogP contribution >= 0.6 is 11.6 Å². The van der Waals surface area contributed by atoms with Gasteiger partial charge in [-0.3, -0.25) is 14.6 Å². The SMILES string of the molecule is O=C(CC1CCC(c2ccnc3ccc(F)cc23)CC1)OCC(=O)c1ccc(Cl)cc1. The summed E-state index contributed by atoms with van der Waals surface area (Å²) in [7, 11) is 0. The van der Waals surface area contributed by atoms with E-state index in [2.05, 4.69) is 4.98 Å². The first-order valence-corrected chi connectivity index (χ1v) is 10.9. The second-order valence-electron chi connectivity index (χ2n) is 8.07. The molecular weight excluding hydrogens is 417 g/mol. The predicted molar refractivity (Wildman–Crippen MR) is 118 cm³/mol. The maximum Gasteiger partial charge on any atom is 0.306 e. The van der Waals surface area contributed by atoms with Crippen LogP contribution in [0.5, 0.6) is 0 Å². The highest BCUT2D eigenvalue weighted by Crippen LogP contribution is 2.39. The summed E-state index contributed by atoms with van der Waals surface area (Å²) in [6.45, 7) is -0.260. The minimum Gasteiger partial charge on any atom is -0.457 e. The summed E-state index contributed by atoms with van der Waals surface area (Å²) in [5, 5.41) is 1.42. The first-order valence-electron chi connectivity index (χ1n) is 10.5. The number of aromatic nitrogens is 1. The number of ketones is 1. The van der Waals surface area contributed by atoms with Gasteiger partial charge in [-0.2, -0.15) is 0 Å². The Morgan fingerprint density at radius 3 is 2.52 bits per heavy atom. The van der Waals surface area contributed by atoms with Crippen LogP contribution in [0.1, 0.15) is 53.9 Å². The minimum atomic E-state index is -0.345. The molecule has 0 spiro atoms. The van der Waals surface area contributed by atoms with Crippen molar-refractivity contribution in [3.8, 4) is 0 Å². The van der Waals surface area contributed by atoms with Crippen LogP contribution in [0.4, 0.5) is 4.39 Å². The number of esters is 1. The molecule has 2 aromatic carbocycles. The van der Waals surface area contributed by atoms with E-state index < -0.39 is 0 Å². The van der Waals surface area contributed by atoms with Gasteiger partial charge in [0.05, 0.1) is 5.52 Å². The third kappa shape index (κ3) is 5.28. The van der Waals surface area contributed by atoms with Gasteiger partial charge >= 0.3 is 5.97 Å². The third-order valence-electron chi connectivity index (χ3n) is 6.01. The number of carbonyl (C=O) groups excluding carboxylic acids is 2. The molecule has 0 bridgehead atoms. The summed E-state index contributed by atoms with van der Waals surface area (Å²) in [6.07, 6.45) is 5.73. The van der Waals surface area contributed by atoms with Crippen molar-refractivity contribution >= 4 is 34.3 Å². The third-order valence-corrected chi connectivity index (χ3v) is 6.26. The highest BCUT2D eigenvalue weighted by Gasteiger charge is 2.26. The molecule has 1 aliphatic carbocycles. The summed E-state index contributed by atoms with van der Waals surface area (Å²) in [5.74, 6) is -0.288. The number of pyridine rings is 1. The molecule has 0 N–H and O–H groups in total. The monoisotopic (exact) mass is 439 g/mol. The van der Waals surface area contributed by atoms with Gasteiger partial charge in [-0.05, 0) is 91.6 Å². The molecule has 6 heteroatoms. The van der Waals surface area contributed by atoms with Crippen LogP contribution in [0.15, 0.2) is 54.7 Å². The molecule has 0 saturated heterocycles. The van der Waals surface area contributed by atoms with Crippen molar-refractivity contribution < 1.29 is 18.7 Å². The maximum atomic E-state index is 13.7. The van der Waals surface area contributed by atoms with E-state index in [1.54, 1.807) is 42.6 Å². The molecule has 1 heterocycles. The smallest absolute Gasteiger partial charge is 0.306 e. The average Bonchev–Trinajstić information content (AvgIpc) is 2.78. The molecule has 0 aliphatic heterocycles. The molecule has 1 saturated carbocycles. The molecule has 1 aliphatic rings. The van der Waals surface area contributed by atoms with Crippen LogP contribution in [0.3, 0.4) is 0 Å². The van der Waals surface area contributed by atoms with Gasteiger partial charge in [0.15, 0.2) is 12.4 Å². The summed E-state index contributed by atoms with van der Waals surface area (Å²) in [5.41, 5.74) is 2.40. The first kappa shape index (κ1) is 21.4. The van der Waals surface area contributed by atoms with Gasteiger partial charge in [0.25, 0.3) is 0 Å². The van der Waals surface area contributed by atoms with E-state index in [0.717, 1.165) is 42.1 Å². The van der Waals surface area contributed by atoms with Crippen molar-refractivity contribution in [1.29, 1.82) is 0 Å². The zero-order chi connectivity index (χ0) is 21.8. The fourth-order valence-electron chi connectivity index (χ4n) is 4.33. The lowest BCUT2D eigenvalue weighted by molar-refractivity contribution is -0.143. The quantitative estimate of drug-likeness (QED) is 0.343. The van der Waals surface area contributed by atoms with E-state index in [-0.39, 0.29) is 30.1 Å². The molecule has 160 valence electrons. The fraction of sp³-hybridized carbons (Fsp3) is 0.320. The number of carbonyl (C=O) groups is 2. The molecule has 0 radical (unpaired) electrons. The molecule has 4 rings (SSSR count). The lowest BCUT2D eigenvalue weighted by atomic mass is 9.77. The van der Waals surface area contributed by atoms with Crippen molar-refractivity contribution in [3.63, 3.8) is 0 Å². The molecule has 0 atom stereocenters. The van der Waals surface area contributed by atoms with Gasteiger partial charge in [0.1, 0.15) is 5.82 Å². The van der Waals surface area contributed by atoms with Crippen molar-refractivity contribution in [2.75, 3.05) is 6.61 Å². The van der Waals surface area contributed by atoms with E-state index in [1.807, 2.05) is 6.07 Å². The summed E-state index contributed by atoms with van der Waals surface area (Å²) in [6, 6.07) is 13.2. The lowest BCUT2D eigenvalue weighted by Gasteiger charge is -2.29. The van der Waals surface area contributed by atoms with Crippen molar-refractivity contribution in [1.82, 2.24) is 4.98 Å². The van der Waals surface area contributed by atoms with E-state index >= 15 is 0 Å². The first-order chi connectivity index (χ1) is 15.0. The van der Waals surface area contributed by atoms with Crippen molar-refractivity contribution in [3.05, 3.63) is 76.7 Å². The molecule has 0 amide bonds. The largest absolute Gasteiger partial charge is 0.457 e. The number of benzene rings is 2. The average molecular weight is 440 g/mol. The van der Waals surface area contributed by atoms with Gasteiger partial charge in [0, 0.05) is 28.6 Å². The van der Waals surface area contributed by atoms with Crippen molar-refractivity contribution in [2.24, 2.45) is 5.92 Å². The second-order valence-corrected chi connectivity index (χ2v) is 8.51. The Hall–Kier alpha value is -2.79. The molecule has 31 heavy (non-hydrogen) atoms. The minimum absolute atomic E-state index is 0.235. The predicted octanol–water partition coefficient (Wildman–Crippen LogP) is 6.12. The molecule has 1 fully saturated rings. The number of fused-ring (bicyclic) bond motifs is 1. The number of hydrogen-bond acceptors (Lipinski definition) is 4. The standard InChI is InChI=1S/C25H23ClFNO3/c26-19-7-5-18(6-8-19)24(29)15-31-25(30)13-16-1-3-17(4-2-16)21-11-12-28-23-10-9-20(27)14-22(21)23/h5-12,14,16-17H,1-4,13,15H2. The van der Waals surface area contributed by atoms with Crippen LogP contribution in [-0.2, 0) is 9.53 Å². The summed E-state index contributed by atoms with van der Waals surface area (Å²) >= 11 is 5.82. The Kier molecular flexibility index (Phi) is 6.62. The fourth-order valence-corrected chi connectivity index (χ4v) is 4.46. The van der Waals surface area contributed by atoms with Gasteiger partial charge in [0.2, 0.25) is 0 Å². The van der Waals surface area contributed by atoms with Crippen LogP contribution in [-0.4, -0.2) is 23.3 Å². The Morgan fingerprint density at radius 2 is 1.77 bits per heavy atom. The highest BCUT2D eigenvalue weighted by atomic mass is 35.5. The number of halogens is 2. The lowest BCUT2D eigenvalue weighted by Crippen LogP contribution is -2.20. The Labute approximate surface area is 185 Å². The zero-order valence-electron chi connectivity index (χ0n) is 17.0. The van der Waals surface area contributed by atoms with E-state index in [0.29, 0.717) is 22.9 Å². The number of rotatable bonds is 6. The molecule has 0 unspecified atom stereocenters. The van der Waals surface area contributed by atoms with Gasteiger partial charge in [-0.15, -0.1) is 0 Å². The molecule has 3 aromatic rings. The normalized spacial score (nSPS) is 18.6. The molecular formula is C25H23ClFNO3. The summed E-state index contributed by atoms with van der Waals surface area (Å²) < 4.78 is 18.9. The van der Waals surface area contributed by atoms with Crippen LogP contribution in [0, 0.1) is 11.7 Å². The van der Waals surface area contributed by atoms with Gasteiger partial charge in [-0.1, -0.05) is 11.6 Å². The van der Waals surface area contributed by atoms with E-state index in [9.17, 15) is 14.0 Å². The van der Waals surface area contributed by atoms with Gasteiger partial charge < -0.3 is 4.74 Å². The van der Waals surface area contributed by atoms with Crippen LogP contribution in [0.2, 0.25) is 5.02 Å². The number of Topliss-reactive ketones (excluding diaryl/α,β-unsaturated/α-hetero) is 1. The number of nitrogens with zero attached hydrogens (tertiary/aromatic N) is 1. The van der Waals surface area contributed by atoms with Gasteiger partial charge in [-0.25, -0.2) is 4.39 Å². The Morgan fingerprint density at radius 1 is 1.03 bits per heavy atom. The zero-order valence-corrected chi connectivity index (χ0v) is 17.8. The topological polar surface area (TPSA) is 56.3 Å². The number of hydrogen-bond donors (Lipinski definition) is 0. The maximum absolute atomic E-state index is 13.7. The Balaban J connectivity index is 1.28. The molecule has 1 aromatic heterocycles.